The maximum absolute atomic E-state index is 12.1. The molecule has 0 aliphatic carbocycles. The SMILES string of the molecule is CC(C)N(CC#N)C(=O)c1ccc(NC=O)cc1. The molecule has 1 aromatic carbocycles. The molecule has 94 valence electrons. The van der Waals surface area contributed by atoms with Crippen molar-refractivity contribution in [1.29, 1.82) is 5.26 Å². The number of carbonyl (C=O) groups is 2. The minimum absolute atomic E-state index is 0.0371. The number of nitrogens with zero attached hydrogens (tertiary/aromatic N) is 2. The van der Waals surface area contributed by atoms with Crippen LogP contribution in [0.3, 0.4) is 0 Å². The Hall–Kier alpha value is -2.35. The Morgan fingerprint density at radius 1 is 1.44 bits per heavy atom. The van der Waals surface area contributed by atoms with Gasteiger partial charge in [-0.15, -0.1) is 0 Å². The summed E-state index contributed by atoms with van der Waals surface area (Å²) in [4.78, 5) is 23.9. The van der Waals surface area contributed by atoms with Crippen LogP contribution in [-0.2, 0) is 4.79 Å². The zero-order chi connectivity index (χ0) is 13.5. The molecule has 1 N–H and O–H groups in total. The predicted octanol–water partition coefficient (Wildman–Crippen LogP) is 1.63. The van der Waals surface area contributed by atoms with E-state index in [0.717, 1.165) is 0 Å². The number of nitrogens with one attached hydrogen (secondary N) is 1. The standard InChI is InChI=1S/C13H15N3O2/c1-10(2)16(8-7-14)13(18)11-3-5-12(6-4-11)15-9-17/h3-6,9-10H,8H2,1-2H3,(H,15,17). The lowest BCUT2D eigenvalue weighted by atomic mass is 10.1. The van der Waals surface area contributed by atoms with Crippen molar-refractivity contribution >= 4 is 18.0 Å². The highest BCUT2D eigenvalue weighted by atomic mass is 16.2. The molecule has 5 heteroatoms. The number of carbonyl (C=O) groups excluding carboxylic acids is 2. The summed E-state index contributed by atoms with van der Waals surface area (Å²) >= 11 is 0. The van der Waals surface area contributed by atoms with Crippen molar-refractivity contribution in [2.45, 2.75) is 19.9 Å². The number of hydrogen-bond acceptors (Lipinski definition) is 3. The Morgan fingerprint density at radius 3 is 2.50 bits per heavy atom. The van der Waals surface area contributed by atoms with Gasteiger partial charge in [-0.2, -0.15) is 5.26 Å². The Labute approximate surface area is 106 Å². The molecule has 0 aliphatic heterocycles. The summed E-state index contributed by atoms with van der Waals surface area (Å²) in [6.07, 6.45) is 0.576. The van der Waals surface area contributed by atoms with E-state index in [9.17, 15) is 9.59 Å². The second kappa shape index (κ2) is 6.40. The van der Waals surface area contributed by atoms with Gasteiger partial charge >= 0.3 is 0 Å². The average molecular weight is 245 g/mol. The molecule has 0 fully saturated rings. The van der Waals surface area contributed by atoms with Gasteiger partial charge in [0.25, 0.3) is 5.91 Å². The fourth-order valence-electron chi connectivity index (χ4n) is 1.51. The van der Waals surface area contributed by atoms with Crippen LogP contribution in [0.15, 0.2) is 24.3 Å². The first-order valence-electron chi connectivity index (χ1n) is 5.58. The molecule has 5 nitrogen and oxygen atoms in total. The van der Waals surface area contributed by atoms with Crippen LogP contribution in [-0.4, -0.2) is 29.8 Å². The molecule has 0 heterocycles. The van der Waals surface area contributed by atoms with Gasteiger partial charge in [-0.05, 0) is 38.1 Å². The fourth-order valence-corrected chi connectivity index (χ4v) is 1.51. The van der Waals surface area contributed by atoms with Gasteiger partial charge in [0, 0.05) is 17.3 Å². The van der Waals surface area contributed by atoms with E-state index < -0.39 is 0 Å². The Balaban J connectivity index is 2.88. The Kier molecular flexibility index (Phi) is 4.88. The van der Waals surface area contributed by atoms with Gasteiger partial charge in [-0.3, -0.25) is 9.59 Å². The van der Waals surface area contributed by atoms with E-state index in [1.807, 2.05) is 19.9 Å². The molecule has 2 amide bonds. The molecule has 0 saturated heterocycles. The topological polar surface area (TPSA) is 73.2 Å². The predicted molar refractivity (Wildman–Crippen MR) is 67.9 cm³/mol. The molecule has 18 heavy (non-hydrogen) atoms. The van der Waals surface area contributed by atoms with Crippen molar-refractivity contribution in [3.05, 3.63) is 29.8 Å². The highest BCUT2D eigenvalue weighted by Crippen LogP contribution is 2.12. The lowest BCUT2D eigenvalue weighted by Crippen LogP contribution is -2.37. The first-order valence-corrected chi connectivity index (χ1v) is 5.58. The number of nitriles is 1. The third-order valence-corrected chi connectivity index (χ3v) is 2.48. The van der Waals surface area contributed by atoms with Gasteiger partial charge in [-0.1, -0.05) is 0 Å². The van der Waals surface area contributed by atoms with E-state index in [0.29, 0.717) is 17.7 Å². The van der Waals surface area contributed by atoms with Gasteiger partial charge in [-0.25, -0.2) is 0 Å². The molecule has 0 aliphatic rings. The van der Waals surface area contributed by atoms with Gasteiger partial charge in [0.05, 0.1) is 6.07 Å². The van der Waals surface area contributed by atoms with Crippen molar-refractivity contribution in [2.75, 3.05) is 11.9 Å². The number of benzene rings is 1. The minimum Gasteiger partial charge on any atom is -0.329 e. The molecular weight excluding hydrogens is 230 g/mol. The van der Waals surface area contributed by atoms with Gasteiger partial charge in [0.15, 0.2) is 0 Å². The third kappa shape index (κ3) is 3.32. The Bertz CT molecular complexity index is 460. The van der Waals surface area contributed by atoms with Crippen molar-refractivity contribution in [3.8, 4) is 6.07 Å². The second-order valence-electron chi connectivity index (χ2n) is 4.02. The van der Waals surface area contributed by atoms with Crippen LogP contribution in [0.5, 0.6) is 0 Å². The van der Waals surface area contributed by atoms with Crippen LogP contribution < -0.4 is 5.32 Å². The monoisotopic (exact) mass is 245 g/mol. The number of rotatable bonds is 5. The van der Waals surface area contributed by atoms with Crippen molar-refractivity contribution in [3.63, 3.8) is 0 Å². The third-order valence-electron chi connectivity index (χ3n) is 2.48. The highest BCUT2D eigenvalue weighted by molar-refractivity contribution is 5.95. The zero-order valence-electron chi connectivity index (χ0n) is 10.4. The Morgan fingerprint density at radius 2 is 2.06 bits per heavy atom. The smallest absolute Gasteiger partial charge is 0.254 e. The quantitative estimate of drug-likeness (QED) is 0.633. The number of anilines is 1. The van der Waals surface area contributed by atoms with E-state index in [-0.39, 0.29) is 18.5 Å². The molecule has 0 atom stereocenters. The van der Waals surface area contributed by atoms with E-state index in [1.165, 1.54) is 4.90 Å². The number of hydrogen-bond donors (Lipinski definition) is 1. The van der Waals surface area contributed by atoms with Crippen molar-refractivity contribution in [1.82, 2.24) is 4.90 Å². The average Bonchev–Trinajstić information content (AvgIpc) is 2.36. The van der Waals surface area contributed by atoms with Crippen LogP contribution in [0, 0.1) is 11.3 Å². The maximum atomic E-state index is 12.1. The van der Waals surface area contributed by atoms with Gasteiger partial charge < -0.3 is 10.2 Å². The molecule has 0 radical (unpaired) electrons. The summed E-state index contributed by atoms with van der Waals surface area (Å²) in [6.45, 7) is 3.78. The van der Waals surface area contributed by atoms with Gasteiger partial charge in [0.2, 0.25) is 6.41 Å². The van der Waals surface area contributed by atoms with E-state index in [4.69, 9.17) is 5.26 Å². The van der Waals surface area contributed by atoms with E-state index >= 15 is 0 Å². The lowest BCUT2D eigenvalue weighted by Gasteiger charge is -2.23. The highest BCUT2D eigenvalue weighted by Gasteiger charge is 2.17. The molecule has 0 saturated carbocycles. The molecular formula is C13H15N3O2. The second-order valence-corrected chi connectivity index (χ2v) is 4.02. The minimum atomic E-state index is -0.191. The first-order chi connectivity index (χ1) is 8.60. The molecule has 0 bridgehead atoms. The normalized spacial score (nSPS) is 9.67. The van der Waals surface area contributed by atoms with Crippen molar-refractivity contribution < 1.29 is 9.59 Å². The molecule has 0 unspecified atom stereocenters. The van der Waals surface area contributed by atoms with Crippen LogP contribution in [0.25, 0.3) is 0 Å². The summed E-state index contributed by atoms with van der Waals surface area (Å²) in [5.41, 5.74) is 1.12. The zero-order valence-corrected chi connectivity index (χ0v) is 10.4. The number of amides is 2. The molecule has 1 aromatic rings. The summed E-state index contributed by atoms with van der Waals surface area (Å²) in [7, 11) is 0. The summed E-state index contributed by atoms with van der Waals surface area (Å²) in [5, 5.41) is 11.2. The lowest BCUT2D eigenvalue weighted by molar-refractivity contribution is -0.105. The molecule has 1 rings (SSSR count). The maximum Gasteiger partial charge on any atom is 0.254 e. The van der Waals surface area contributed by atoms with Crippen molar-refractivity contribution in [2.24, 2.45) is 0 Å². The molecule has 0 aromatic heterocycles. The van der Waals surface area contributed by atoms with Gasteiger partial charge in [0.1, 0.15) is 6.54 Å². The fraction of sp³-hybridized carbons (Fsp3) is 0.308. The summed E-state index contributed by atoms with van der Waals surface area (Å²) in [5.74, 6) is -0.191. The largest absolute Gasteiger partial charge is 0.329 e. The summed E-state index contributed by atoms with van der Waals surface area (Å²) < 4.78 is 0. The summed E-state index contributed by atoms with van der Waals surface area (Å²) in [6, 6.07) is 8.48. The first kappa shape index (κ1) is 13.7. The molecule has 0 spiro atoms. The van der Waals surface area contributed by atoms with E-state index in [2.05, 4.69) is 5.32 Å². The van der Waals surface area contributed by atoms with Crippen LogP contribution in [0.1, 0.15) is 24.2 Å². The van der Waals surface area contributed by atoms with Crippen LogP contribution >= 0.6 is 0 Å². The van der Waals surface area contributed by atoms with Crippen LogP contribution in [0.4, 0.5) is 5.69 Å². The van der Waals surface area contributed by atoms with E-state index in [1.54, 1.807) is 24.3 Å². The van der Waals surface area contributed by atoms with Crippen LogP contribution in [0.2, 0.25) is 0 Å².